The molecular formula is C17H17F3N2O. The third-order valence-corrected chi connectivity index (χ3v) is 4.17. The van der Waals surface area contributed by atoms with Crippen molar-refractivity contribution in [1.29, 1.82) is 0 Å². The summed E-state index contributed by atoms with van der Waals surface area (Å²) in [4.78, 5) is 16.8. The summed E-state index contributed by atoms with van der Waals surface area (Å²) >= 11 is 0. The van der Waals surface area contributed by atoms with Crippen molar-refractivity contribution in [3.05, 3.63) is 41.1 Å². The number of carbonyl (C=O) groups is 1. The van der Waals surface area contributed by atoms with Crippen LogP contribution in [0, 0.1) is 6.92 Å². The van der Waals surface area contributed by atoms with Crippen LogP contribution in [0.2, 0.25) is 0 Å². The summed E-state index contributed by atoms with van der Waals surface area (Å²) in [7, 11) is 0. The van der Waals surface area contributed by atoms with E-state index in [1.165, 1.54) is 12.1 Å². The van der Waals surface area contributed by atoms with Crippen molar-refractivity contribution in [2.24, 2.45) is 0 Å². The predicted octanol–water partition coefficient (Wildman–Crippen LogP) is 3.89. The molecule has 1 aromatic heterocycles. The van der Waals surface area contributed by atoms with Crippen molar-refractivity contribution < 1.29 is 18.0 Å². The van der Waals surface area contributed by atoms with E-state index in [-0.39, 0.29) is 22.7 Å². The number of hydrogen-bond acceptors (Lipinski definition) is 3. The van der Waals surface area contributed by atoms with Crippen LogP contribution in [-0.2, 0) is 6.18 Å². The maximum atomic E-state index is 13.2. The van der Waals surface area contributed by atoms with Gasteiger partial charge in [-0.05, 0) is 38.4 Å². The van der Waals surface area contributed by atoms with Gasteiger partial charge in [-0.1, -0.05) is 18.6 Å². The van der Waals surface area contributed by atoms with Crippen LogP contribution in [0.5, 0.6) is 0 Å². The number of fused-ring (bicyclic) bond motifs is 1. The molecule has 3 rings (SSSR count). The second-order valence-electron chi connectivity index (χ2n) is 5.88. The lowest BCUT2D eigenvalue weighted by Crippen LogP contribution is -2.40. The second kappa shape index (κ2) is 5.92. The Morgan fingerprint density at radius 1 is 1.30 bits per heavy atom. The van der Waals surface area contributed by atoms with Gasteiger partial charge in [-0.15, -0.1) is 0 Å². The van der Waals surface area contributed by atoms with E-state index in [4.69, 9.17) is 0 Å². The molecule has 122 valence electrons. The number of pyridine rings is 1. The van der Waals surface area contributed by atoms with Crippen LogP contribution < -0.4 is 5.32 Å². The predicted molar refractivity (Wildman–Crippen MR) is 81.5 cm³/mol. The lowest BCUT2D eigenvalue weighted by Gasteiger charge is -2.23. The number of benzene rings is 1. The highest BCUT2D eigenvalue weighted by Gasteiger charge is 2.34. The fourth-order valence-electron chi connectivity index (χ4n) is 3.07. The largest absolute Gasteiger partial charge is 0.418 e. The van der Waals surface area contributed by atoms with Gasteiger partial charge in [0.05, 0.1) is 17.1 Å². The van der Waals surface area contributed by atoms with Gasteiger partial charge < -0.3 is 5.32 Å². The van der Waals surface area contributed by atoms with Gasteiger partial charge in [0.2, 0.25) is 0 Å². The fraction of sp³-hybridized carbons (Fsp3) is 0.412. The van der Waals surface area contributed by atoms with E-state index < -0.39 is 11.7 Å². The Hall–Kier alpha value is -1.95. The van der Waals surface area contributed by atoms with Gasteiger partial charge in [-0.25, -0.2) is 0 Å². The van der Waals surface area contributed by atoms with Crippen molar-refractivity contribution >= 4 is 16.7 Å². The quantitative estimate of drug-likeness (QED) is 0.853. The van der Waals surface area contributed by atoms with E-state index in [2.05, 4.69) is 10.3 Å². The highest BCUT2D eigenvalue weighted by atomic mass is 19.4. The summed E-state index contributed by atoms with van der Waals surface area (Å²) in [5, 5.41) is 3.42. The molecular weight excluding hydrogens is 305 g/mol. The average molecular weight is 322 g/mol. The minimum absolute atomic E-state index is 0.153. The van der Waals surface area contributed by atoms with Gasteiger partial charge in [0.1, 0.15) is 0 Å². The maximum absolute atomic E-state index is 13.2. The van der Waals surface area contributed by atoms with Crippen LogP contribution in [0.4, 0.5) is 13.2 Å². The number of aryl methyl sites for hydroxylation is 1. The number of carbonyl (C=O) groups excluding carboxylic acids is 1. The zero-order valence-electron chi connectivity index (χ0n) is 12.7. The number of halogens is 3. The van der Waals surface area contributed by atoms with Gasteiger partial charge in [0.15, 0.2) is 5.78 Å². The Balaban J connectivity index is 2.16. The first-order valence-corrected chi connectivity index (χ1v) is 7.63. The topological polar surface area (TPSA) is 42.0 Å². The molecule has 2 aromatic rings. The van der Waals surface area contributed by atoms with Crippen molar-refractivity contribution in [2.45, 2.75) is 38.4 Å². The molecule has 0 saturated carbocycles. The molecule has 6 heteroatoms. The van der Waals surface area contributed by atoms with E-state index in [1.807, 2.05) is 0 Å². The molecule has 23 heavy (non-hydrogen) atoms. The average Bonchev–Trinajstić information content (AvgIpc) is 2.52. The molecule has 1 N–H and O–H groups in total. The summed E-state index contributed by atoms with van der Waals surface area (Å²) in [5.74, 6) is -0.153. The van der Waals surface area contributed by atoms with Crippen LogP contribution >= 0.6 is 0 Å². The Morgan fingerprint density at radius 3 is 2.74 bits per heavy atom. The number of nitrogens with one attached hydrogen (secondary N) is 1. The number of aromatic nitrogens is 1. The maximum Gasteiger partial charge on any atom is 0.418 e. The number of Topliss-reactive ketones (excluding diaryl/α,β-unsaturated/α-hetero) is 1. The zero-order chi connectivity index (χ0) is 16.6. The first kappa shape index (κ1) is 15.9. The number of hydrogen-bond donors (Lipinski definition) is 1. The van der Waals surface area contributed by atoms with Crippen LogP contribution in [-0.4, -0.2) is 23.4 Å². The van der Waals surface area contributed by atoms with Crippen molar-refractivity contribution in [3.63, 3.8) is 0 Å². The minimum atomic E-state index is -4.50. The summed E-state index contributed by atoms with van der Waals surface area (Å²) in [6.45, 7) is 2.36. The number of ketones is 1. The fourth-order valence-corrected chi connectivity index (χ4v) is 3.07. The SMILES string of the molecule is Cc1cc(C(=O)C2CCCCN2)c2cccc(C(F)(F)F)c2n1. The normalized spacial score (nSPS) is 19.0. The molecule has 1 aliphatic heterocycles. The lowest BCUT2D eigenvalue weighted by atomic mass is 9.93. The molecule has 1 saturated heterocycles. The number of alkyl halides is 3. The molecule has 0 spiro atoms. The molecule has 0 amide bonds. The molecule has 0 radical (unpaired) electrons. The van der Waals surface area contributed by atoms with Crippen LogP contribution in [0.1, 0.15) is 40.9 Å². The Morgan fingerprint density at radius 2 is 2.09 bits per heavy atom. The summed E-state index contributed by atoms with van der Waals surface area (Å²) in [6, 6.07) is 5.12. The Labute approximate surface area is 131 Å². The smallest absolute Gasteiger partial charge is 0.307 e. The number of piperidine rings is 1. The third-order valence-electron chi connectivity index (χ3n) is 4.17. The summed E-state index contributed by atoms with van der Waals surface area (Å²) < 4.78 is 39.6. The highest BCUT2D eigenvalue weighted by molar-refractivity contribution is 6.10. The molecule has 1 aromatic carbocycles. The van der Waals surface area contributed by atoms with Crippen LogP contribution in [0.3, 0.4) is 0 Å². The molecule has 0 bridgehead atoms. The number of para-hydroxylation sites is 1. The molecule has 3 nitrogen and oxygen atoms in total. The van der Waals surface area contributed by atoms with Crippen molar-refractivity contribution in [1.82, 2.24) is 10.3 Å². The number of rotatable bonds is 2. The van der Waals surface area contributed by atoms with E-state index >= 15 is 0 Å². The molecule has 1 atom stereocenters. The van der Waals surface area contributed by atoms with Gasteiger partial charge >= 0.3 is 6.18 Å². The summed E-state index contributed by atoms with van der Waals surface area (Å²) in [5.41, 5.74) is -0.227. The minimum Gasteiger partial charge on any atom is -0.307 e. The standard InChI is InChI=1S/C17H17F3N2O/c1-10-9-12(16(23)14-7-2-3-8-21-14)11-5-4-6-13(15(11)22-10)17(18,19)20/h4-6,9,14,21H,2-3,7-8H2,1H3. The third kappa shape index (κ3) is 3.08. The van der Waals surface area contributed by atoms with Crippen LogP contribution in [0.25, 0.3) is 10.9 Å². The van der Waals surface area contributed by atoms with Gasteiger partial charge in [-0.3, -0.25) is 9.78 Å². The van der Waals surface area contributed by atoms with Crippen molar-refractivity contribution in [3.8, 4) is 0 Å². The van der Waals surface area contributed by atoms with E-state index in [0.29, 0.717) is 17.7 Å². The zero-order valence-corrected chi connectivity index (χ0v) is 12.7. The van der Waals surface area contributed by atoms with Gasteiger partial charge in [0.25, 0.3) is 0 Å². The second-order valence-corrected chi connectivity index (χ2v) is 5.88. The summed E-state index contributed by atoms with van der Waals surface area (Å²) in [6.07, 6.45) is -1.83. The lowest BCUT2D eigenvalue weighted by molar-refractivity contribution is -0.136. The molecule has 1 unspecified atom stereocenters. The van der Waals surface area contributed by atoms with E-state index in [0.717, 1.165) is 25.5 Å². The Bertz CT molecular complexity index is 749. The van der Waals surface area contributed by atoms with E-state index in [1.54, 1.807) is 13.0 Å². The molecule has 1 aliphatic rings. The molecule has 1 fully saturated rings. The van der Waals surface area contributed by atoms with E-state index in [9.17, 15) is 18.0 Å². The monoisotopic (exact) mass is 322 g/mol. The van der Waals surface area contributed by atoms with Crippen LogP contribution in [0.15, 0.2) is 24.3 Å². The Kier molecular flexibility index (Phi) is 4.10. The first-order valence-electron chi connectivity index (χ1n) is 7.63. The number of nitrogens with zero attached hydrogens (tertiary/aromatic N) is 1. The van der Waals surface area contributed by atoms with Crippen molar-refractivity contribution in [2.75, 3.05) is 6.54 Å². The van der Waals surface area contributed by atoms with Gasteiger partial charge in [0, 0.05) is 16.6 Å². The van der Waals surface area contributed by atoms with Gasteiger partial charge in [-0.2, -0.15) is 13.2 Å². The molecule has 0 aliphatic carbocycles. The first-order chi connectivity index (χ1) is 10.9. The molecule has 2 heterocycles. The highest BCUT2D eigenvalue weighted by Crippen LogP contribution is 2.35.